The molecule has 0 spiro atoms. The third-order valence-electron chi connectivity index (χ3n) is 2.95. The summed E-state index contributed by atoms with van der Waals surface area (Å²) in [5.74, 6) is -0.770. The number of carbonyl (C=O) groups is 3. The zero-order valence-corrected chi connectivity index (χ0v) is 13.8. The average molecular weight is 334 g/mol. The van der Waals surface area contributed by atoms with Gasteiger partial charge in [0, 0.05) is 18.2 Å². The highest BCUT2D eigenvalue weighted by Crippen LogP contribution is 2.18. The zero-order valence-electron chi connectivity index (χ0n) is 13.8. The van der Waals surface area contributed by atoms with Crippen LogP contribution in [0.4, 0.5) is 4.79 Å². The number of hydrogen-bond donors (Lipinski definition) is 2. The van der Waals surface area contributed by atoms with Gasteiger partial charge in [-0.15, -0.1) is 0 Å². The van der Waals surface area contributed by atoms with Crippen molar-refractivity contribution in [3.63, 3.8) is 0 Å². The Morgan fingerprint density at radius 1 is 1.21 bits per heavy atom. The van der Waals surface area contributed by atoms with Gasteiger partial charge in [-0.25, -0.2) is 9.59 Å². The average Bonchev–Trinajstić information content (AvgIpc) is 2.58. The summed E-state index contributed by atoms with van der Waals surface area (Å²) in [6.45, 7) is 1.94. The molecule has 0 saturated heterocycles. The molecule has 1 aromatic carbocycles. The topological polar surface area (TPSA) is 93.7 Å². The monoisotopic (exact) mass is 334 g/mol. The van der Waals surface area contributed by atoms with Crippen LogP contribution in [-0.2, 0) is 14.3 Å². The smallest absolute Gasteiger partial charge is 0.331 e. The Balaban J connectivity index is 2.36. The number of esters is 1. The van der Waals surface area contributed by atoms with E-state index in [9.17, 15) is 14.4 Å². The second-order valence-electron chi connectivity index (χ2n) is 4.84. The molecule has 0 radical (unpaired) electrons. The predicted molar refractivity (Wildman–Crippen MR) is 89.4 cm³/mol. The summed E-state index contributed by atoms with van der Waals surface area (Å²) in [5, 5.41) is 4.60. The van der Waals surface area contributed by atoms with E-state index in [1.54, 1.807) is 18.2 Å². The van der Waals surface area contributed by atoms with Gasteiger partial charge in [0.25, 0.3) is 5.91 Å². The summed E-state index contributed by atoms with van der Waals surface area (Å²) in [6, 6.07) is 6.54. The standard InChI is InChI=1S/C17H22N2O5/c1-3-4-11-18-17(22)19-15(20)12-24-16(21)10-9-13-7-5-6-8-14(13)23-2/h5-10H,3-4,11-12H2,1-2H3,(H2,18,19,20,22)/b10-9+. The summed E-state index contributed by atoms with van der Waals surface area (Å²) in [5.41, 5.74) is 0.705. The molecule has 0 heterocycles. The van der Waals surface area contributed by atoms with Crippen molar-refractivity contribution in [1.82, 2.24) is 10.6 Å². The SMILES string of the molecule is CCCCNC(=O)NC(=O)COC(=O)/C=C/c1ccccc1OC. The maximum Gasteiger partial charge on any atom is 0.331 e. The van der Waals surface area contributed by atoms with Crippen molar-refractivity contribution in [2.45, 2.75) is 19.8 Å². The Labute approximate surface area is 141 Å². The van der Waals surface area contributed by atoms with Gasteiger partial charge in [-0.1, -0.05) is 31.5 Å². The molecule has 130 valence electrons. The van der Waals surface area contributed by atoms with Crippen LogP contribution >= 0.6 is 0 Å². The summed E-state index contributed by atoms with van der Waals surface area (Å²) in [7, 11) is 1.53. The molecule has 0 fully saturated rings. The Morgan fingerprint density at radius 2 is 1.96 bits per heavy atom. The number of nitrogens with one attached hydrogen (secondary N) is 2. The van der Waals surface area contributed by atoms with Crippen molar-refractivity contribution < 1.29 is 23.9 Å². The Morgan fingerprint density at radius 3 is 2.67 bits per heavy atom. The molecular weight excluding hydrogens is 312 g/mol. The van der Waals surface area contributed by atoms with Crippen molar-refractivity contribution in [1.29, 1.82) is 0 Å². The van der Waals surface area contributed by atoms with Gasteiger partial charge >= 0.3 is 12.0 Å². The fraction of sp³-hybridized carbons (Fsp3) is 0.353. The highest BCUT2D eigenvalue weighted by molar-refractivity contribution is 5.96. The van der Waals surface area contributed by atoms with Crippen molar-refractivity contribution in [2.24, 2.45) is 0 Å². The van der Waals surface area contributed by atoms with Gasteiger partial charge in [0.2, 0.25) is 0 Å². The molecule has 1 rings (SSSR count). The van der Waals surface area contributed by atoms with Crippen LogP contribution in [0.2, 0.25) is 0 Å². The van der Waals surface area contributed by atoms with Gasteiger partial charge in [-0.05, 0) is 18.6 Å². The minimum atomic E-state index is -0.692. The van der Waals surface area contributed by atoms with Crippen molar-refractivity contribution in [3.05, 3.63) is 35.9 Å². The molecule has 24 heavy (non-hydrogen) atoms. The van der Waals surface area contributed by atoms with Gasteiger partial charge in [0.15, 0.2) is 6.61 Å². The van der Waals surface area contributed by atoms with Crippen LogP contribution in [0.5, 0.6) is 5.75 Å². The first kappa shape index (κ1) is 19.2. The first-order valence-electron chi connectivity index (χ1n) is 7.62. The molecule has 0 bridgehead atoms. The number of rotatable bonds is 8. The van der Waals surface area contributed by atoms with Crippen LogP contribution in [0.3, 0.4) is 0 Å². The third-order valence-corrected chi connectivity index (χ3v) is 2.95. The molecular formula is C17H22N2O5. The van der Waals surface area contributed by atoms with Crippen LogP contribution in [0, 0.1) is 0 Å². The molecule has 0 aliphatic carbocycles. The molecule has 3 amide bonds. The first-order valence-corrected chi connectivity index (χ1v) is 7.62. The van der Waals surface area contributed by atoms with Crippen LogP contribution in [-0.4, -0.2) is 38.2 Å². The molecule has 1 aromatic rings. The fourth-order valence-corrected chi connectivity index (χ4v) is 1.73. The molecule has 0 aliphatic heterocycles. The maximum atomic E-state index is 11.6. The van der Waals surface area contributed by atoms with E-state index in [4.69, 9.17) is 9.47 Å². The number of ether oxygens (including phenoxy) is 2. The van der Waals surface area contributed by atoms with Crippen LogP contribution in [0.15, 0.2) is 30.3 Å². The Kier molecular flexibility index (Phi) is 8.67. The van der Waals surface area contributed by atoms with Crippen molar-refractivity contribution >= 4 is 24.0 Å². The number of hydrogen-bond acceptors (Lipinski definition) is 5. The minimum Gasteiger partial charge on any atom is -0.496 e. The summed E-state index contributed by atoms with van der Waals surface area (Å²) in [6.07, 6.45) is 4.47. The highest BCUT2D eigenvalue weighted by atomic mass is 16.5. The summed E-state index contributed by atoms with van der Waals surface area (Å²) in [4.78, 5) is 34.4. The van der Waals surface area contributed by atoms with Gasteiger partial charge < -0.3 is 14.8 Å². The van der Waals surface area contributed by atoms with Crippen molar-refractivity contribution in [3.8, 4) is 5.75 Å². The fourth-order valence-electron chi connectivity index (χ4n) is 1.73. The zero-order chi connectivity index (χ0) is 17.8. The number of imide groups is 1. The Hall–Kier alpha value is -2.83. The second kappa shape index (κ2) is 10.8. The third kappa shape index (κ3) is 7.44. The largest absolute Gasteiger partial charge is 0.496 e. The molecule has 0 atom stereocenters. The lowest BCUT2D eigenvalue weighted by Gasteiger charge is -2.06. The normalized spacial score (nSPS) is 10.2. The number of benzene rings is 1. The van der Waals surface area contributed by atoms with Gasteiger partial charge in [-0.2, -0.15) is 0 Å². The lowest BCUT2D eigenvalue weighted by atomic mass is 10.2. The van der Waals surface area contributed by atoms with E-state index in [1.165, 1.54) is 19.3 Å². The van der Waals surface area contributed by atoms with E-state index in [0.717, 1.165) is 12.8 Å². The number of carbonyl (C=O) groups excluding carboxylic acids is 3. The highest BCUT2D eigenvalue weighted by Gasteiger charge is 2.09. The van der Waals surface area contributed by atoms with Crippen LogP contribution in [0.1, 0.15) is 25.3 Å². The van der Waals surface area contributed by atoms with E-state index in [-0.39, 0.29) is 0 Å². The van der Waals surface area contributed by atoms with E-state index < -0.39 is 24.5 Å². The lowest BCUT2D eigenvalue weighted by Crippen LogP contribution is -2.41. The molecule has 7 nitrogen and oxygen atoms in total. The number of methoxy groups -OCH3 is 1. The summed E-state index contributed by atoms with van der Waals surface area (Å²) < 4.78 is 9.91. The quantitative estimate of drug-likeness (QED) is 0.430. The lowest BCUT2D eigenvalue weighted by molar-refractivity contribution is -0.143. The predicted octanol–water partition coefficient (Wildman–Crippen LogP) is 1.88. The molecule has 7 heteroatoms. The molecule has 0 unspecified atom stereocenters. The molecule has 0 saturated carbocycles. The first-order chi connectivity index (χ1) is 11.6. The van der Waals surface area contributed by atoms with E-state index in [1.807, 2.05) is 13.0 Å². The van der Waals surface area contributed by atoms with Crippen LogP contribution in [0.25, 0.3) is 6.08 Å². The number of urea groups is 1. The molecule has 0 aromatic heterocycles. The minimum absolute atomic E-state index is 0.483. The maximum absolute atomic E-state index is 11.6. The van der Waals surface area contributed by atoms with Crippen molar-refractivity contribution in [2.75, 3.05) is 20.3 Å². The molecule has 0 aliphatic rings. The Bertz CT molecular complexity index is 598. The van der Waals surface area contributed by atoms with Gasteiger partial charge in [0.1, 0.15) is 5.75 Å². The number of amides is 3. The summed E-state index contributed by atoms with van der Waals surface area (Å²) >= 11 is 0. The van der Waals surface area contributed by atoms with Gasteiger partial charge in [-0.3, -0.25) is 10.1 Å². The van der Waals surface area contributed by atoms with E-state index in [2.05, 4.69) is 10.6 Å². The van der Waals surface area contributed by atoms with Crippen LogP contribution < -0.4 is 15.4 Å². The van der Waals surface area contributed by atoms with E-state index >= 15 is 0 Å². The molecule has 2 N–H and O–H groups in total. The van der Waals surface area contributed by atoms with Gasteiger partial charge in [0.05, 0.1) is 7.11 Å². The number of para-hydroxylation sites is 1. The van der Waals surface area contributed by atoms with E-state index in [0.29, 0.717) is 17.9 Å². The number of unbranched alkanes of at least 4 members (excludes halogenated alkanes) is 1. The second-order valence-corrected chi connectivity index (χ2v) is 4.84.